The molecule has 0 aliphatic carbocycles. The molecule has 0 amide bonds. The molecule has 5 atom stereocenters. The third kappa shape index (κ3) is 6.64. The van der Waals surface area contributed by atoms with Crippen molar-refractivity contribution in [3.63, 3.8) is 0 Å². The Morgan fingerprint density at radius 3 is 2.39 bits per heavy atom. The minimum atomic E-state index is -5.39. The number of benzene rings is 1. The summed E-state index contributed by atoms with van der Waals surface area (Å²) in [5, 5.41) is 20.7. The Morgan fingerprint density at radius 2 is 1.78 bits per heavy atom. The average molecular weight is 554 g/mol. The van der Waals surface area contributed by atoms with E-state index in [4.69, 9.17) is 14.5 Å². The van der Waals surface area contributed by atoms with Crippen molar-refractivity contribution in [1.82, 2.24) is 9.13 Å². The largest absolute Gasteiger partial charge is 0.481 e. The van der Waals surface area contributed by atoms with Crippen LogP contribution in [0.3, 0.4) is 0 Å². The molecular formula is C19H25FN2O12P2. The third-order valence-electron chi connectivity index (χ3n) is 5.40. The Hall–Kier alpha value is -2.03. The maximum absolute atomic E-state index is 14.2. The Kier molecular flexibility index (Phi) is 8.53. The van der Waals surface area contributed by atoms with E-state index in [0.29, 0.717) is 5.56 Å². The predicted octanol–water partition coefficient (Wildman–Crippen LogP) is -0.146. The summed E-state index contributed by atoms with van der Waals surface area (Å²) in [5.74, 6) is -0.500. The van der Waals surface area contributed by atoms with Crippen LogP contribution in [0.5, 0.6) is 0 Å². The fraction of sp³-hybridized carbons (Fsp3) is 0.474. The van der Waals surface area contributed by atoms with Crippen LogP contribution < -0.4 is 11.2 Å². The van der Waals surface area contributed by atoms with Crippen molar-refractivity contribution in [3.05, 3.63) is 67.7 Å². The topological polar surface area (TPSA) is 207 Å². The molecule has 1 aliphatic heterocycles. The first-order valence-corrected chi connectivity index (χ1v) is 13.5. The minimum absolute atomic E-state index is 0.00321. The van der Waals surface area contributed by atoms with Crippen molar-refractivity contribution < 1.29 is 52.0 Å². The molecular weight excluding hydrogens is 529 g/mol. The summed E-state index contributed by atoms with van der Waals surface area (Å²) in [6.45, 7) is 1.94. The number of aliphatic hydroxyl groups is 2. The number of hydrogen-bond acceptors (Lipinski definition) is 9. The molecule has 2 aromatic rings. The number of hydrogen-bond donors (Lipinski definition) is 5. The summed E-state index contributed by atoms with van der Waals surface area (Å²) < 4.78 is 51.7. The molecule has 5 N–H and O–H groups in total. The van der Waals surface area contributed by atoms with Gasteiger partial charge in [-0.15, -0.1) is 0 Å². The van der Waals surface area contributed by atoms with E-state index in [-0.39, 0.29) is 24.1 Å². The number of aryl methyl sites for hydroxylation is 3. The molecule has 1 aromatic carbocycles. The van der Waals surface area contributed by atoms with E-state index in [1.807, 2.05) is 0 Å². The van der Waals surface area contributed by atoms with Gasteiger partial charge in [0, 0.05) is 18.3 Å². The van der Waals surface area contributed by atoms with E-state index in [2.05, 4.69) is 8.83 Å². The first-order chi connectivity index (χ1) is 16.6. The van der Waals surface area contributed by atoms with Gasteiger partial charge in [-0.1, -0.05) is 12.1 Å². The van der Waals surface area contributed by atoms with Crippen LogP contribution >= 0.6 is 15.6 Å². The number of rotatable bonds is 9. The second-order valence-corrected chi connectivity index (χ2v) is 11.0. The minimum Gasteiger partial charge on any atom is -0.387 e. The Balaban J connectivity index is 1.82. The molecule has 1 aliphatic rings. The number of phosphoric acid groups is 2. The number of nitrogens with zero attached hydrogens (tertiary/aromatic N) is 2. The summed E-state index contributed by atoms with van der Waals surface area (Å²) >= 11 is 0. The molecule has 0 spiro atoms. The van der Waals surface area contributed by atoms with Crippen LogP contribution in [-0.4, -0.2) is 58.9 Å². The maximum atomic E-state index is 14.2. The molecule has 1 fully saturated rings. The van der Waals surface area contributed by atoms with E-state index >= 15 is 0 Å². The highest BCUT2D eigenvalue weighted by molar-refractivity contribution is 7.60. The van der Waals surface area contributed by atoms with Gasteiger partial charge in [0.15, 0.2) is 6.23 Å². The molecule has 0 bridgehead atoms. The third-order valence-corrected chi connectivity index (χ3v) is 7.55. The predicted molar refractivity (Wildman–Crippen MR) is 119 cm³/mol. The number of phosphoric ester groups is 1. The highest BCUT2D eigenvalue weighted by Gasteiger charge is 2.46. The summed E-state index contributed by atoms with van der Waals surface area (Å²) in [4.78, 5) is 52.3. The van der Waals surface area contributed by atoms with Crippen molar-refractivity contribution in [1.29, 1.82) is 0 Å². The first-order valence-electron chi connectivity index (χ1n) is 10.4. The van der Waals surface area contributed by atoms with Crippen LogP contribution in [0, 0.1) is 19.7 Å². The van der Waals surface area contributed by atoms with Gasteiger partial charge < -0.3 is 29.6 Å². The fourth-order valence-corrected chi connectivity index (χ4v) is 5.25. The zero-order chi connectivity index (χ0) is 27.0. The van der Waals surface area contributed by atoms with Gasteiger partial charge in [0.05, 0.1) is 6.61 Å². The van der Waals surface area contributed by atoms with Gasteiger partial charge >= 0.3 is 21.3 Å². The van der Waals surface area contributed by atoms with Crippen LogP contribution in [0.25, 0.3) is 0 Å². The molecule has 17 heteroatoms. The molecule has 14 nitrogen and oxygen atoms in total. The number of ether oxygens (including phenoxy) is 1. The number of aromatic nitrogens is 2. The normalized spacial score (nSPS) is 24.1. The highest BCUT2D eigenvalue weighted by Crippen LogP contribution is 2.57. The molecule has 3 rings (SSSR count). The van der Waals surface area contributed by atoms with Gasteiger partial charge in [-0.25, -0.2) is 18.3 Å². The summed E-state index contributed by atoms with van der Waals surface area (Å²) in [5.41, 5.74) is -0.558. The second kappa shape index (κ2) is 10.8. The second-order valence-electron chi connectivity index (χ2n) is 8.19. The number of aliphatic hydroxyl groups excluding tert-OH is 2. The Bertz CT molecular complexity index is 1340. The van der Waals surface area contributed by atoms with Gasteiger partial charge in [-0.2, -0.15) is 4.31 Å². The van der Waals surface area contributed by atoms with E-state index in [0.717, 1.165) is 15.3 Å². The lowest BCUT2D eigenvalue weighted by Gasteiger charge is -2.20. The zero-order valence-corrected chi connectivity index (χ0v) is 20.8. The molecule has 2 unspecified atom stereocenters. The van der Waals surface area contributed by atoms with Gasteiger partial charge in [0.2, 0.25) is 0 Å². The Morgan fingerprint density at radius 1 is 1.11 bits per heavy atom. The molecule has 1 aromatic heterocycles. The first kappa shape index (κ1) is 28.5. The van der Waals surface area contributed by atoms with Crippen molar-refractivity contribution >= 4 is 15.6 Å². The fourth-order valence-electron chi connectivity index (χ4n) is 3.65. The van der Waals surface area contributed by atoms with Crippen LogP contribution in [-0.2, 0) is 35.7 Å². The van der Waals surface area contributed by atoms with E-state index in [1.165, 1.54) is 19.1 Å². The summed E-state index contributed by atoms with van der Waals surface area (Å²) in [6, 6.07) is 4.53. The molecule has 0 saturated carbocycles. The van der Waals surface area contributed by atoms with Crippen molar-refractivity contribution in [3.8, 4) is 0 Å². The van der Waals surface area contributed by atoms with E-state index in [9.17, 15) is 38.2 Å². The average Bonchev–Trinajstić information content (AvgIpc) is 3.03. The van der Waals surface area contributed by atoms with Crippen LogP contribution in [0.15, 0.2) is 34.0 Å². The maximum Gasteiger partial charge on any atom is 0.481 e. The molecule has 0 radical (unpaired) electrons. The van der Waals surface area contributed by atoms with Crippen LogP contribution in [0.1, 0.15) is 22.9 Å². The van der Waals surface area contributed by atoms with E-state index < -0.39 is 63.9 Å². The standard InChI is InChI=1S/C19H25FN2O12P2/c1-10-3-4-12(13(20)7-10)5-6-21-17(25)11(2)8-22(19(21)26)18-16(24)15(23)14(33-18)9-32-36(30,31)34-35(27,28)29/h3-4,7-8,14-16,18,23-24H,5-6,9H2,1-2H3,(H,30,31)(H2,27,28,29)/t14-,15+,16?,18-/m1/s1. The monoisotopic (exact) mass is 554 g/mol. The highest BCUT2D eigenvalue weighted by atomic mass is 31.3. The van der Waals surface area contributed by atoms with Gasteiger partial charge in [0.1, 0.15) is 24.1 Å². The lowest BCUT2D eigenvalue weighted by Crippen LogP contribution is -2.44. The summed E-state index contributed by atoms with van der Waals surface area (Å²) in [6.07, 6.45) is -5.53. The Labute approximate surface area is 203 Å². The van der Waals surface area contributed by atoms with Crippen molar-refractivity contribution in [2.75, 3.05) is 6.61 Å². The number of halogens is 1. The van der Waals surface area contributed by atoms with E-state index in [1.54, 1.807) is 13.0 Å². The molecule has 200 valence electrons. The molecule has 1 saturated heterocycles. The lowest BCUT2D eigenvalue weighted by molar-refractivity contribution is -0.0549. The molecule has 2 heterocycles. The lowest BCUT2D eigenvalue weighted by atomic mass is 10.1. The molecule has 36 heavy (non-hydrogen) atoms. The van der Waals surface area contributed by atoms with Gasteiger partial charge in [-0.3, -0.25) is 18.5 Å². The van der Waals surface area contributed by atoms with Crippen molar-refractivity contribution in [2.45, 2.75) is 51.4 Å². The van der Waals surface area contributed by atoms with Gasteiger partial charge in [0.25, 0.3) is 5.56 Å². The smallest absolute Gasteiger partial charge is 0.387 e. The van der Waals surface area contributed by atoms with Gasteiger partial charge in [-0.05, 0) is 37.5 Å². The van der Waals surface area contributed by atoms with Crippen molar-refractivity contribution in [2.24, 2.45) is 0 Å². The quantitative estimate of drug-likeness (QED) is 0.257. The summed E-state index contributed by atoms with van der Waals surface area (Å²) in [7, 11) is -10.6. The zero-order valence-electron chi connectivity index (χ0n) is 19.0. The SMILES string of the molecule is Cc1ccc(CCn2c(=O)c(C)cn([C@@H]3O[C@H](COP(=O)(O)OP(=O)(O)O)[C@H](O)C3O)c2=O)c(F)c1. The van der Waals surface area contributed by atoms with Crippen LogP contribution in [0.2, 0.25) is 0 Å². The van der Waals surface area contributed by atoms with Crippen LogP contribution in [0.4, 0.5) is 4.39 Å².